The maximum Gasteiger partial charge on any atom is 0.225 e. The number of piperazine rings is 1. The molecule has 2 aromatic rings. The lowest BCUT2D eigenvalue weighted by atomic mass is 9.84. The SMILES string of the molecule is Cc1nn(-c2ccccc2)c(C)c1N1CCN(C(=O)C2CCC2)CC1. The number of hydrogen-bond acceptors (Lipinski definition) is 3. The normalized spacial score (nSPS) is 18.3. The van der Waals surface area contributed by atoms with Gasteiger partial charge in [0.05, 0.1) is 22.8 Å². The van der Waals surface area contributed by atoms with Crippen molar-refractivity contribution >= 4 is 11.6 Å². The second-order valence-electron chi connectivity index (χ2n) is 7.21. The van der Waals surface area contributed by atoms with Gasteiger partial charge >= 0.3 is 0 Å². The van der Waals surface area contributed by atoms with Crippen LogP contribution in [0.1, 0.15) is 30.7 Å². The molecular formula is C20H26N4O. The second-order valence-corrected chi connectivity index (χ2v) is 7.21. The third kappa shape index (κ3) is 2.92. The molecule has 2 aliphatic rings. The lowest BCUT2D eigenvalue weighted by Gasteiger charge is -2.39. The van der Waals surface area contributed by atoms with Crippen molar-refractivity contribution in [3.05, 3.63) is 41.7 Å². The van der Waals surface area contributed by atoms with Crippen LogP contribution in [0, 0.1) is 19.8 Å². The van der Waals surface area contributed by atoms with Gasteiger partial charge in [0.1, 0.15) is 0 Å². The number of para-hydroxylation sites is 1. The predicted molar refractivity (Wildman–Crippen MR) is 99.2 cm³/mol. The summed E-state index contributed by atoms with van der Waals surface area (Å²) in [6.07, 6.45) is 3.38. The first-order valence-electron chi connectivity index (χ1n) is 9.30. The molecule has 4 rings (SSSR count). The van der Waals surface area contributed by atoms with Crippen LogP contribution in [0.3, 0.4) is 0 Å². The molecular weight excluding hydrogens is 312 g/mol. The van der Waals surface area contributed by atoms with Gasteiger partial charge in [-0.25, -0.2) is 4.68 Å². The highest BCUT2D eigenvalue weighted by atomic mass is 16.2. The van der Waals surface area contributed by atoms with Gasteiger partial charge in [-0.1, -0.05) is 24.6 Å². The fourth-order valence-electron chi connectivity index (χ4n) is 3.98. The molecule has 1 saturated carbocycles. The van der Waals surface area contributed by atoms with E-state index in [4.69, 9.17) is 5.10 Å². The Hall–Kier alpha value is -2.30. The molecule has 1 amide bonds. The fourth-order valence-corrected chi connectivity index (χ4v) is 3.98. The van der Waals surface area contributed by atoms with Crippen molar-refractivity contribution in [2.75, 3.05) is 31.1 Å². The molecule has 1 saturated heterocycles. The zero-order valence-corrected chi connectivity index (χ0v) is 15.1. The van der Waals surface area contributed by atoms with Crippen molar-refractivity contribution in [3.63, 3.8) is 0 Å². The first kappa shape index (κ1) is 16.2. The van der Waals surface area contributed by atoms with Crippen LogP contribution in [-0.2, 0) is 4.79 Å². The fraction of sp³-hybridized carbons (Fsp3) is 0.500. The topological polar surface area (TPSA) is 41.4 Å². The van der Waals surface area contributed by atoms with Crippen LogP contribution in [0.25, 0.3) is 5.69 Å². The highest BCUT2D eigenvalue weighted by Gasteiger charge is 2.32. The zero-order chi connectivity index (χ0) is 17.4. The quantitative estimate of drug-likeness (QED) is 0.864. The number of carbonyl (C=O) groups is 1. The van der Waals surface area contributed by atoms with E-state index >= 15 is 0 Å². The van der Waals surface area contributed by atoms with Crippen LogP contribution < -0.4 is 4.90 Å². The van der Waals surface area contributed by atoms with Crippen LogP contribution in [0.4, 0.5) is 5.69 Å². The zero-order valence-electron chi connectivity index (χ0n) is 15.1. The van der Waals surface area contributed by atoms with E-state index in [-0.39, 0.29) is 0 Å². The molecule has 5 heteroatoms. The van der Waals surface area contributed by atoms with Crippen LogP contribution in [0.5, 0.6) is 0 Å². The molecule has 1 aromatic carbocycles. The van der Waals surface area contributed by atoms with Gasteiger partial charge in [-0.3, -0.25) is 4.79 Å². The number of benzene rings is 1. The van der Waals surface area contributed by atoms with Gasteiger partial charge in [0.2, 0.25) is 5.91 Å². The van der Waals surface area contributed by atoms with Gasteiger partial charge in [0, 0.05) is 32.1 Å². The lowest BCUT2D eigenvalue weighted by Crippen LogP contribution is -2.51. The maximum absolute atomic E-state index is 12.4. The highest BCUT2D eigenvalue weighted by molar-refractivity contribution is 5.80. The van der Waals surface area contributed by atoms with Gasteiger partial charge in [0.25, 0.3) is 0 Å². The number of aryl methyl sites for hydroxylation is 1. The molecule has 132 valence electrons. The van der Waals surface area contributed by atoms with Gasteiger partial charge in [-0.15, -0.1) is 0 Å². The summed E-state index contributed by atoms with van der Waals surface area (Å²) in [6.45, 7) is 7.64. The number of amides is 1. The smallest absolute Gasteiger partial charge is 0.225 e. The van der Waals surface area contributed by atoms with Crippen molar-refractivity contribution in [2.24, 2.45) is 5.92 Å². The van der Waals surface area contributed by atoms with E-state index in [0.717, 1.165) is 50.4 Å². The number of hydrogen-bond donors (Lipinski definition) is 0. The third-order valence-corrected chi connectivity index (χ3v) is 5.62. The first-order chi connectivity index (χ1) is 12.1. The molecule has 0 atom stereocenters. The second kappa shape index (κ2) is 6.54. The standard InChI is InChI=1S/C20H26N4O/c1-15-19(16(2)24(21-15)18-9-4-3-5-10-18)22-11-13-23(14-12-22)20(25)17-7-6-8-17/h3-5,9-10,17H,6-8,11-14H2,1-2H3. The highest BCUT2D eigenvalue weighted by Crippen LogP contribution is 2.30. The predicted octanol–water partition coefficient (Wildman–Crippen LogP) is 2.94. The van der Waals surface area contributed by atoms with Crippen LogP contribution in [0.15, 0.2) is 30.3 Å². The van der Waals surface area contributed by atoms with Crippen molar-refractivity contribution in [2.45, 2.75) is 33.1 Å². The molecule has 0 unspecified atom stereocenters. The van der Waals surface area contributed by atoms with Gasteiger partial charge in [-0.05, 0) is 38.8 Å². The summed E-state index contributed by atoms with van der Waals surface area (Å²) in [5.41, 5.74) is 4.54. The van der Waals surface area contributed by atoms with Crippen LogP contribution >= 0.6 is 0 Å². The van der Waals surface area contributed by atoms with E-state index in [2.05, 4.69) is 35.8 Å². The molecule has 2 heterocycles. The molecule has 25 heavy (non-hydrogen) atoms. The summed E-state index contributed by atoms with van der Waals surface area (Å²) in [4.78, 5) is 16.9. The van der Waals surface area contributed by atoms with E-state index in [1.165, 1.54) is 17.8 Å². The van der Waals surface area contributed by atoms with Crippen LogP contribution in [0.2, 0.25) is 0 Å². The van der Waals surface area contributed by atoms with E-state index in [1.54, 1.807) is 0 Å². The number of nitrogens with zero attached hydrogens (tertiary/aromatic N) is 4. The van der Waals surface area contributed by atoms with Gasteiger partial charge in [-0.2, -0.15) is 5.10 Å². The Morgan fingerprint density at radius 2 is 1.72 bits per heavy atom. The molecule has 2 fully saturated rings. The summed E-state index contributed by atoms with van der Waals surface area (Å²) in [5.74, 6) is 0.676. The Balaban J connectivity index is 1.50. The average Bonchev–Trinajstić information content (AvgIpc) is 2.89. The van der Waals surface area contributed by atoms with Crippen molar-refractivity contribution in [3.8, 4) is 5.69 Å². The Morgan fingerprint density at radius 1 is 1.04 bits per heavy atom. The summed E-state index contributed by atoms with van der Waals surface area (Å²) in [7, 11) is 0. The van der Waals surface area contributed by atoms with Crippen molar-refractivity contribution in [1.29, 1.82) is 0 Å². The lowest BCUT2D eigenvalue weighted by molar-refractivity contribution is -0.138. The molecule has 1 aromatic heterocycles. The molecule has 1 aliphatic carbocycles. The monoisotopic (exact) mass is 338 g/mol. The van der Waals surface area contributed by atoms with E-state index in [0.29, 0.717) is 11.8 Å². The Bertz CT molecular complexity index is 756. The number of aromatic nitrogens is 2. The minimum atomic E-state index is 0.302. The first-order valence-corrected chi connectivity index (χ1v) is 9.30. The molecule has 5 nitrogen and oxygen atoms in total. The Morgan fingerprint density at radius 3 is 2.32 bits per heavy atom. The molecule has 1 aliphatic heterocycles. The Kier molecular flexibility index (Phi) is 4.24. The van der Waals surface area contributed by atoms with E-state index in [1.807, 2.05) is 22.9 Å². The van der Waals surface area contributed by atoms with Crippen molar-refractivity contribution < 1.29 is 4.79 Å². The molecule has 0 bridgehead atoms. The Labute approximate surface area is 149 Å². The number of carbonyl (C=O) groups excluding carboxylic acids is 1. The number of rotatable bonds is 3. The van der Waals surface area contributed by atoms with E-state index < -0.39 is 0 Å². The summed E-state index contributed by atoms with van der Waals surface area (Å²) in [5, 5.41) is 4.75. The number of anilines is 1. The molecule has 0 spiro atoms. The summed E-state index contributed by atoms with van der Waals surface area (Å²) in [6, 6.07) is 10.3. The van der Waals surface area contributed by atoms with Crippen LogP contribution in [-0.4, -0.2) is 46.8 Å². The minimum absolute atomic E-state index is 0.302. The molecule has 0 radical (unpaired) electrons. The van der Waals surface area contributed by atoms with E-state index in [9.17, 15) is 4.79 Å². The summed E-state index contributed by atoms with van der Waals surface area (Å²) < 4.78 is 2.02. The third-order valence-electron chi connectivity index (χ3n) is 5.62. The van der Waals surface area contributed by atoms with Crippen molar-refractivity contribution in [1.82, 2.24) is 14.7 Å². The minimum Gasteiger partial charge on any atom is -0.365 e. The maximum atomic E-state index is 12.4. The summed E-state index contributed by atoms with van der Waals surface area (Å²) >= 11 is 0. The van der Waals surface area contributed by atoms with Gasteiger partial charge < -0.3 is 9.80 Å². The largest absolute Gasteiger partial charge is 0.365 e. The average molecular weight is 338 g/mol. The van der Waals surface area contributed by atoms with Gasteiger partial charge in [0.15, 0.2) is 0 Å². The molecule has 0 N–H and O–H groups in total.